The Morgan fingerprint density at radius 1 is 1.29 bits per heavy atom. The molecule has 0 amide bonds. The Balaban J connectivity index is 3.11. The lowest BCUT2D eigenvalue weighted by atomic mass is 10.0. The van der Waals surface area contributed by atoms with Crippen LogP contribution in [0.1, 0.15) is 30.5 Å². The molecule has 0 aliphatic carbocycles. The second kappa shape index (κ2) is 4.47. The minimum absolute atomic E-state index is 0.196. The highest BCUT2D eigenvalue weighted by Gasteiger charge is 2.07. The van der Waals surface area contributed by atoms with Gasteiger partial charge in [-0.05, 0) is 44.9 Å². The maximum Gasteiger partial charge on any atom is 0.124 e. The summed E-state index contributed by atoms with van der Waals surface area (Å²) in [7, 11) is 0. The van der Waals surface area contributed by atoms with Crippen molar-refractivity contribution < 1.29 is 4.74 Å². The van der Waals surface area contributed by atoms with Crippen molar-refractivity contribution in [3.05, 3.63) is 28.8 Å². The Kier molecular flexibility index (Phi) is 3.53. The summed E-state index contributed by atoms with van der Waals surface area (Å²) in [5, 5.41) is 0. The molecule has 0 aromatic heterocycles. The number of ether oxygens (including phenoxy) is 1. The molecule has 0 aliphatic rings. The third kappa shape index (κ3) is 2.48. The van der Waals surface area contributed by atoms with Gasteiger partial charge in [-0.25, -0.2) is 0 Å². The van der Waals surface area contributed by atoms with Crippen LogP contribution >= 0.6 is 0 Å². The zero-order chi connectivity index (χ0) is 10.7. The van der Waals surface area contributed by atoms with Gasteiger partial charge in [0.2, 0.25) is 0 Å². The van der Waals surface area contributed by atoms with Gasteiger partial charge in [-0.3, -0.25) is 0 Å². The topological polar surface area (TPSA) is 35.2 Å². The average Bonchev–Trinajstić information content (AvgIpc) is 2.01. The number of rotatable bonds is 3. The molecule has 0 heterocycles. The molecule has 14 heavy (non-hydrogen) atoms. The molecule has 0 aliphatic heterocycles. The molecular formula is C12H19NO. The minimum atomic E-state index is 0.196. The lowest BCUT2D eigenvalue weighted by molar-refractivity contribution is 0.239. The first-order valence-electron chi connectivity index (χ1n) is 5.01. The maximum atomic E-state index is 5.72. The number of nitrogens with two attached hydrogens (primary N) is 1. The molecule has 0 saturated heterocycles. The van der Waals surface area contributed by atoms with Crippen LogP contribution < -0.4 is 10.5 Å². The first-order chi connectivity index (χ1) is 6.54. The number of benzene rings is 1. The van der Waals surface area contributed by atoms with E-state index < -0.39 is 0 Å². The van der Waals surface area contributed by atoms with E-state index in [2.05, 4.69) is 26.0 Å². The normalized spacial score (nSPS) is 10.7. The highest BCUT2D eigenvalue weighted by Crippen LogP contribution is 2.24. The van der Waals surface area contributed by atoms with Crippen molar-refractivity contribution in [3.63, 3.8) is 0 Å². The molecule has 0 atom stereocenters. The highest BCUT2D eigenvalue weighted by atomic mass is 16.5. The molecule has 0 bridgehead atoms. The van der Waals surface area contributed by atoms with E-state index >= 15 is 0 Å². The van der Waals surface area contributed by atoms with Crippen molar-refractivity contribution in [3.8, 4) is 5.75 Å². The van der Waals surface area contributed by atoms with Crippen molar-refractivity contribution >= 4 is 0 Å². The van der Waals surface area contributed by atoms with Crippen LogP contribution in [0.4, 0.5) is 0 Å². The average molecular weight is 193 g/mol. The van der Waals surface area contributed by atoms with Gasteiger partial charge in [0.1, 0.15) is 5.75 Å². The fourth-order valence-electron chi connectivity index (χ4n) is 1.58. The van der Waals surface area contributed by atoms with Gasteiger partial charge >= 0.3 is 0 Å². The van der Waals surface area contributed by atoms with E-state index in [1.807, 2.05) is 13.8 Å². The molecule has 1 rings (SSSR count). The molecule has 2 N–H and O–H groups in total. The smallest absolute Gasteiger partial charge is 0.124 e. The number of aryl methyl sites for hydroxylation is 2. The molecule has 78 valence electrons. The first-order valence-corrected chi connectivity index (χ1v) is 5.01. The molecule has 0 saturated carbocycles. The summed E-state index contributed by atoms with van der Waals surface area (Å²) >= 11 is 0. The van der Waals surface area contributed by atoms with Gasteiger partial charge in [-0.1, -0.05) is 6.07 Å². The minimum Gasteiger partial charge on any atom is -0.491 e. The first kappa shape index (κ1) is 11.1. The summed E-state index contributed by atoms with van der Waals surface area (Å²) in [4.78, 5) is 0. The van der Waals surface area contributed by atoms with Crippen molar-refractivity contribution in [2.45, 2.75) is 40.3 Å². The van der Waals surface area contributed by atoms with E-state index in [0.29, 0.717) is 6.54 Å². The molecule has 2 heteroatoms. The van der Waals surface area contributed by atoms with E-state index in [9.17, 15) is 0 Å². The van der Waals surface area contributed by atoms with Crippen molar-refractivity contribution in [1.82, 2.24) is 0 Å². The Hall–Kier alpha value is -1.02. The monoisotopic (exact) mass is 193 g/mol. The number of hydrogen-bond donors (Lipinski definition) is 1. The summed E-state index contributed by atoms with van der Waals surface area (Å²) < 4.78 is 5.72. The molecule has 0 spiro atoms. The summed E-state index contributed by atoms with van der Waals surface area (Å²) in [5.41, 5.74) is 9.24. The van der Waals surface area contributed by atoms with Crippen LogP contribution in [0.3, 0.4) is 0 Å². The second-order valence-corrected chi connectivity index (χ2v) is 3.93. The largest absolute Gasteiger partial charge is 0.491 e. The van der Waals surface area contributed by atoms with Crippen LogP contribution in [0.25, 0.3) is 0 Å². The van der Waals surface area contributed by atoms with Gasteiger partial charge in [0.15, 0.2) is 0 Å². The second-order valence-electron chi connectivity index (χ2n) is 3.93. The Morgan fingerprint density at radius 2 is 1.93 bits per heavy atom. The lowest BCUT2D eigenvalue weighted by Crippen LogP contribution is -2.10. The molecule has 0 fully saturated rings. The molecule has 1 aromatic carbocycles. The van der Waals surface area contributed by atoms with Gasteiger partial charge in [0.25, 0.3) is 0 Å². The van der Waals surface area contributed by atoms with Crippen LogP contribution in [0.15, 0.2) is 12.1 Å². The van der Waals surface area contributed by atoms with E-state index in [4.69, 9.17) is 10.5 Å². The van der Waals surface area contributed by atoms with Gasteiger partial charge in [0.05, 0.1) is 6.10 Å². The van der Waals surface area contributed by atoms with Gasteiger partial charge < -0.3 is 10.5 Å². The Morgan fingerprint density at radius 3 is 2.43 bits per heavy atom. The van der Waals surface area contributed by atoms with E-state index in [0.717, 1.165) is 11.3 Å². The highest BCUT2D eigenvalue weighted by molar-refractivity contribution is 5.43. The van der Waals surface area contributed by atoms with Gasteiger partial charge in [-0.15, -0.1) is 0 Å². The van der Waals surface area contributed by atoms with Gasteiger partial charge in [-0.2, -0.15) is 0 Å². The molecular weight excluding hydrogens is 174 g/mol. The maximum absolute atomic E-state index is 5.72. The fraction of sp³-hybridized carbons (Fsp3) is 0.500. The third-order valence-corrected chi connectivity index (χ3v) is 2.14. The number of hydrogen-bond acceptors (Lipinski definition) is 2. The molecule has 0 radical (unpaired) electrons. The summed E-state index contributed by atoms with van der Waals surface area (Å²) in [6.07, 6.45) is 0.196. The lowest BCUT2D eigenvalue weighted by Gasteiger charge is -2.16. The van der Waals surface area contributed by atoms with Crippen LogP contribution in [-0.2, 0) is 6.54 Å². The quantitative estimate of drug-likeness (QED) is 0.800. The predicted molar refractivity (Wildman–Crippen MR) is 59.6 cm³/mol. The SMILES string of the molecule is Cc1cc(C)c(CN)c(OC(C)C)c1. The third-order valence-electron chi connectivity index (χ3n) is 2.14. The fourth-order valence-corrected chi connectivity index (χ4v) is 1.58. The van der Waals surface area contributed by atoms with E-state index in [-0.39, 0.29) is 6.10 Å². The zero-order valence-electron chi connectivity index (χ0n) is 9.42. The van der Waals surface area contributed by atoms with Crippen LogP contribution in [0.5, 0.6) is 5.75 Å². The molecule has 1 aromatic rings. The van der Waals surface area contributed by atoms with Crippen LogP contribution in [0, 0.1) is 13.8 Å². The van der Waals surface area contributed by atoms with Crippen molar-refractivity contribution in [1.29, 1.82) is 0 Å². The van der Waals surface area contributed by atoms with Crippen molar-refractivity contribution in [2.75, 3.05) is 0 Å². The summed E-state index contributed by atoms with van der Waals surface area (Å²) in [6, 6.07) is 4.19. The Bertz CT molecular complexity index is 318. The Labute approximate surface area is 86.1 Å². The van der Waals surface area contributed by atoms with E-state index in [1.165, 1.54) is 11.1 Å². The summed E-state index contributed by atoms with van der Waals surface area (Å²) in [5.74, 6) is 0.931. The standard InChI is InChI=1S/C12H19NO/c1-8(2)14-12-6-9(3)5-10(4)11(12)7-13/h5-6,8H,7,13H2,1-4H3. The van der Waals surface area contributed by atoms with Crippen molar-refractivity contribution in [2.24, 2.45) is 5.73 Å². The summed E-state index contributed by atoms with van der Waals surface area (Å²) in [6.45, 7) is 8.73. The van der Waals surface area contributed by atoms with Gasteiger partial charge in [0, 0.05) is 12.1 Å². The molecule has 0 unspecified atom stereocenters. The van der Waals surface area contributed by atoms with E-state index in [1.54, 1.807) is 0 Å². The van der Waals surface area contributed by atoms with Crippen LogP contribution in [-0.4, -0.2) is 6.10 Å². The molecule has 2 nitrogen and oxygen atoms in total. The zero-order valence-corrected chi connectivity index (χ0v) is 9.42. The predicted octanol–water partition coefficient (Wildman–Crippen LogP) is 2.55. The van der Waals surface area contributed by atoms with Crippen LogP contribution in [0.2, 0.25) is 0 Å².